The minimum absolute atomic E-state index is 0.333. The highest BCUT2D eigenvalue weighted by Crippen LogP contribution is 2.20. The van der Waals surface area contributed by atoms with Gasteiger partial charge in [0.05, 0.1) is 19.3 Å². The topological polar surface area (TPSA) is 52.9 Å². The van der Waals surface area contributed by atoms with Gasteiger partial charge in [0.15, 0.2) is 0 Å². The maximum absolute atomic E-state index is 13.7. The Hall–Kier alpha value is -1.17. The smallest absolute Gasteiger partial charge is 0.131 e. The van der Waals surface area contributed by atoms with Gasteiger partial charge in [0.2, 0.25) is 0 Å². The highest BCUT2D eigenvalue weighted by Gasteiger charge is 2.29. The molecule has 1 aromatic rings. The van der Waals surface area contributed by atoms with E-state index in [-0.39, 0.29) is 5.82 Å². The van der Waals surface area contributed by atoms with E-state index in [1.165, 1.54) is 13.2 Å². The minimum atomic E-state index is -0.740. The minimum Gasteiger partial charge on any atom is -0.497 e. The van der Waals surface area contributed by atoms with Crippen LogP contribution >= 0.6 is 0 Å². The van der Waals surface area contributed by atoms with E-state index in [0.29, 0.717) is 30.9 Å². The van der Waals surface area contributed by atoms with E-state index in [1.54, 1.807) is 12.1 Å². The zero-order valence-electron chi connectivity index (χ0n) is 9.64. The van der Waals surface area contributed by atoms with E-state index < -0.39 is 12.2 Å². The van der Waals surface area contributed by atoms with E-state index in [0.717, 1.165) is 0 Å². The predicted octanol–water partition coefficient (Wildman–Crippen LogP) is 0.372. The summed E-state index contributed by atoms with van der Waals surface area (Å²) in [6.45, 7) is 1.11. The third-order valence-corrected chi connectivity index (χ3v) is 2.99. The van der Waals surface area contributed by atoms with Crippen LogP contribution in [0.5, 0.6) is 5.75 Å². The van der Waals surface area contributed by atoms with E-state index in [2.05, 4.69) is 0 Å². The van der Waals surface area contributed by atoms with E-state index >= 15 is 0 Å². The third kappa shape index (κ3) is 2.74. The van der Waals surface area contributed by atoms with Crippen molar-refractivity contribution in [2.45, 2.75) is 18.8 Å². The number of β-amino-alcohol motifs (C(OH)–C–C–N with tert-alkyl or cyclic N) is 2. The fourth-order valence-corrected chi connectivity index (χ4v) is 2.00. The molecule has 4 nitrogen and oxygen atoms in total. The molecule has 5 heteroatoms. The fraction of sp³-hybridized carbons (Fsp3) is 0.500. The summed E-state index contributed by atoms with van der Waals surface area (Å²) in [7, 11) is 1.49. The molecule has 0 amide bonds. The van der Waals surface area contributed by atoms with Gasteiger partial charge >= 0.3 is 0 Å². The van der Waals surface area contributed by atoms with Crippen LogP contribution in [0.3, 0.4) is 0 Å². The Kier molecular flexibility index (Phi) is 3.61. The summed E-state index contributed by atoms with van der Waals surface area (Å²) in [5.74, 6) is 0.146. The van der Waals surface area contributed by atoms with E-state index in [9.17, 15) is 14.6 Å². The number of aliphatic hydroxyl groups is 2. The van der Waals surface area contributed by atoms with Crippen LogP contribution in [-0.4, -0.2) is 47.5 Å². The number of hydrogen-bond acceptors (Lipinski definition) is 4. The zero-order chi connectivity index (χ0) is 12.4. The van der Waals surface area contributed by atoms with Crippen molar-refractivity contribution in [1.29, 1.82) is 0 Å². The molecule has 0 saturated carbocycles. The Morgan fingerprint density at radius 2 is 2.00 bits per heavy atom. The van der Waals surface area contributed by atoms with E-state index in [4.69, 9.17) is 4.74 Å². The molecule has 0 spiro atoms. The van der Waals surface area contributed by atoms with Crippen molar-refractivity contribution < 1.29 is 19.3 Å². The van der Waals surface area contributed by atoms with Crippen molar-refractivity contribution in [2.75, 3.05) is 20.2 Å². The summed E-state index contributed by atoms with van der Waals surface area (Å²) < 4.78 is 18.6. The first-order valence-electron chi connectivity index (χ1n) is 5.51. The van der Waals surface area contributed by atoms with Crippen molar-refractivity contribution in [3.63, 3.8) is 0 Å². The Balaban J connectivity index is 2.04. The largest absolute Gasteiger partial charge is 0.497 e. The Bertz CT molecular complexity index is 389. The molecule has 2 atom stereocenters. The molecular weight excluding hydrogens is 225 g/mol. The molecule has 1 aromatic carbocycles. The summed E-state index contributed by atoms with van der Waals surface area (Å²) in [4.78, 5) is 1.82. The first-order chi connectivity index (χ1) is 8.10. The van der Waals surface area contributed by atoms with Crippen molar-refractivity contribution in [2.24, 2.45) is 0 Å². The Morgan fingerprint density at radius 3 is 2.53 bits per heavy atom. The van der Waals surface area contributed by atoms with Crippen molar-refractivity contribution >= 4 is 0 Å². The number of aliphatic hydroxyl groups excluding tert-OH is 2. The molecule has 1 aliphatic rings. The summed E-state index contributed by atoms with van der Waals surface area (Å²) in [6, 6.07) is 4.69. The van der Waals surface area contributed by atoms with Crippen LogP contribution in [-0.2, 0) is 6.54 Å². The van der Waals surface area contributed by atoms with Gasteiger partial charge in [0.25, 0.3) is 0 Å². The quantitative estimate of drug-likeness (QED) is 0.803. The molecule has 17 heavy (non-hydrogen) atoms. The molecule has 0 radical (unpaired) electrons. The number of ether oxygens (including phenoxy) is 1. The summed E-state index contributed by atoms with van der Waals surface area (Å²) in [6.07, 6.45) is -1.48. The predicted molar refractivity (Wildman–Crippen MR) is 60.2 cm³/mol. The number of halogens is 1. The average molecular weight is 241 g/mol. The van der Waals surface area contributed by atoms with Gasteiger partial charge in [0, 0.05) is 31.3 Å². The molecule has 1 heterocycles. The van der Waals surface area contributed by atoms with Crippen molar-refractivity contribution in [3.8, 4) is 5.75 Å². The van der Waals surface area contributed by atoms with Crippen LogP contribution in [0, 0.1) is 5.82 Å². The van der Waals surface area contributed by atoms with Gasteiger partial charge in [-0.3, -0.25) is 4.90 Å². The lowest BCUT2D eigenvalue weighted by Crippen LogP contribution is -2.22. The maximum atomic E-state index is 13.7. The molecule has 2 unspecified atom stereocenters. The van der Waals surface area contributed by atoms with Gasteiger partial charge in [-0.05, 0) is 6.07 Å². The van der Waals surface area contributed by atoms with Gasteiger partial charge in [-0.2, -0.15) is 0 Å². The SMILES string of the molecule is COc1ccc(CN2CC(O)C(O)C2)c(F)c1. The number of benzene rings is 1. The molecule has 1 saturated heterocycles. The highest BCUT2D eigenvalue weighted by molar-refractivity contribution is 5.28. The third-order valence-electron chi connectivity index (χ3n) is 2.99. The van der Waals surface area contributed by atoms with Crippen LogP contribution in [0.2, 0.25) is 0 Å². The zero-order valence-corrected chi connectivity index (χ0v) is 9.64. The Morgan fingerprint density at radius 1 is 1.35 bits per heavy atom. The number of hydrogen-bond donors (Lipinski definition) is 2. The average Bonchev–Trinajstić information content (AvgIpc) is 2.61. The van der Waals surface area contributed by atoms with Gasteiger partial charge in [0.1, 0.15) is 11.6 Å². The molecule has 0 bridgehead atoms. The first-order valence-corrected chi connectivity index (χ1v) is 5.51. The molecule has 94 valence electrons. The fourth-order valence-electron chi connectivity index (χ4n) is 2.00. The summed E-state index contributed by atoms with van der Waals surface area (Å²) in [5, 5.41) is 18.8. The van der Waals surface area contributed by atoms with Crippen molar-refractivity contribution in [3.05, 3.63) is 29.6 Å². The molecule has 2 N–H and O–H groups in total. The van der Waals surface area contributed by atoms with Crippen LogP contribution in [0.4, 0.5) is 4.39 Å². The second-order valence-corrected chi connectivity index (χ2v) is 4.29. The monoisotopic (exact) mass is 241 g/mol. The van der Waals surface area contributed by atoms with Crippen LogP contribution in [0.1, 0.15) is 5.56 Å². The summed E-state index contributed by atoms with van der Waals surface area (Å²) >= 11 is 0. The maximum Gasteiger partial charge on any atom is 0.131 e. The lowest BCUT2D eigenvalue weighted by atomic mass is 10.2. The van der Waals surface area contributed by atoms with Gasteiger partial charge < -0.3 is 14.9 Å². The van der Waals surface area contributed by atoms with Gasteiger partial charge in [-0.1, -0.05) is 6.07 Å². The second-order valence-electron chi connectivity index (χ2n) is 4.29. The van der Waals surface area contributed by atoms with Crippen LogP contribution < -0.4 is 4.74 Å². The summed E-state index contributed by atoms with van der Waals surface area (Å²) in [5.41, 5.74) is 0.534. The number of methoxy groups -OCH3 is 1. The lowest BCUT2D eigenvalue weighted by Gasteiger charge is -2.15. The lowest BCUT2D eigenvalue weighted by molar-refractivity contribution is 0.0572. The van der Waals surface area contributed by atoms with Crippen molar-refractivity contribution in [1.82, 2.24) is 4.90 Å². The Labute approximate surface area is 99.2 Å². The second kappa shape index (κ2) is 5.00. The molecule has 2 rings (SSSR count). The molecule has 0 aliphatic carbocycles. The molecular formula is C12H16FNO3. The molecule has 1 fully saturated rings. The standard InChI is InChI=1S/C12H16FNO3/c1-17-9-3-2-8(10(13)4-9)5-14-6-11(15)12(16)7-14/h2-4,11-12,15-16H,5-7H2,1H3. The van der Waals surface area contributed by atoms with Gasteiger partial charge in [-0.25, -0.2) is 4.39 Å². The number of nitrogens with zero attached hydrogens (tertiary/aromatic N) is 1. The van der Waals surface area contributed by atoms with Gasteiger partial charge in [-0.15, -0.1) is 0 Å². The number of likely N-dealkylation sites (tertiary alicyclic amines) is 1. The highest BCUT2D eigenvalue weighted by atomic mass is 19.1. The normalized spacial score (nSPS) is 25.2. The molecule has 0 aromatic heterocycles. The first kappa shape index (κ1) is 12.3. The van der Waals surface area contributed by atoms with Crippen LogP contribution in [0.25, 0.3) is 0 Å². The number of rotatable bonds is 3. The van der Waals surface area contributed by atoms with E-state index in [1.807, 2.05) is 4.90 Å². The molecule has 1 aliphatic heterocycles. The van der Waals surface area contributed by atoms with Crippen LogP contribution in [0.15, 0.2) is 18.2 Å².